The molecule has 0 spiro atoms. The highest BCUT2D eigenvalue weighted by Gasteiger charge is 2.19. The number of hydrogen-bond acceptors (Lipinski definition) is 2. The molecule has 1 aliphatic heterocycles. The van der Waals surface area contributed by atoms with E-state index in [9.17, 15) is 0 Å². The first-order valence-electron chi connectivity index (χ1n) is 5.21. The Morgan fingerprint density at radius 1 is 1.50 bits per heavy atom. The van der Waals surface area contributed by atoms with Gasteiger partial charge in [-0.05, 0) is 31.2 Å². The van der Waals surface area contributed by atoms with Crippen molar-refractivity contribution >= 4 is 11.6 Å². The van der Waals surface area contributed by atoms with Gasteiger partial charge in [-0.3, -0.25) is 0 Å². The summed E-state index contributed by atoms with van der Waals surface area (Å²) < 4.78 is 0. The molecule has 0 aromatic heterocycles. The van der Waals surface area contributed by atoms with Crippen LogP contribution in [0.4, 0.5) is 0 Å². The van der Waals surface area contributed by atoms with Crippen LogP contribution in [-0.2, 0) is 0 Å². The Morgan fingerprint density at radius 2 is 2.21 bits per heavy atom. The molecule has 0 aromatic carbocycles. The first-order chi connectivity index (χ1) is 6.70. The van der Waals surface area contributed by atoms with Crippen molar-refractivity contribution in [1.29, 1.82) is 0 Å². The number of nitrogens with one attached hydrogen (secondary N) is 1. The van der Waals surface area contributed by atoms with Gasteiger partial charge in [-0.25, -0.2) is 0 Å². The van der Waals surface area contributed by atoms with Crippen molar-refractivity contribution in [1.82, 2.24) is 10.2 Å². The molecule has 0 saturated carbocycles. The van der Waals surface area contributed by atoms with Gasteiger partial charge in [0.25, 0.3) is 0 Å². The molecule has 0 bridgehead atoms. The van der Waals surface area contributed by atoms with Crippen LogP contribution in [0.25, 0.3) is 0 Å². The second-order valence-corrected chi connectivity index (χ2v) is 3.97. The predicted octanol–water partition coefficient (Wildman–Crippen LogP) is 2.67. The first-order valence-corrected chi connectivity index (χ1v) is 5.65. The normalized spacial score (nSPS) is 21.0. The van der Waals surface area contributed by atoms with Gasteiger partial charge in [0, 0.05) is 13.6 Å². The summed E-state index contributed by atoms with van der Waals surface area (Å²) in [6.07, 6.45) is 6.32. The summed E-state index contributed by atoms with van der Waals surface area (Å²) in [5, 5.41) is 3.12. The van der Waals surface area contributed by atoms with Crippen LogP contribution >= 0.6 is 11.6 Å². The van der Waals surface area contributed by atoms with E-state index in [0.29, 0.717) is 0 Å². The van der Waals surface area contributed by atoms with Crippen molar-refractivity contribution in [3.63, 3.8) is 0 Å². The van der Waals surface area contributed by atoms with Gasteiger partial charge in [-0.1, -0.05) is 24.9 Å². The van der Waals surface area contributed by atoms with Gasteiger partial charge in [0.05, 0.1) is 5.70 Å². The summed E-state index contributed by atoms with van der Waals surface area (Å²) in [5.41, 5.74) is 2.50. The Kier molecular flexibility index (Phi) is 4.33. The summed E-state index contributed by atoms with van der Waals surface area (Å²) in [5.74, 6) is 0. The maximum atomic E-state index is 6.22. The minimum atomic E-state index is -0.0773. The Labute approximate surface area is 91.6 Å². The summed E-state index contributed by atoms with van der Waals surface area (Å²) >= 11 is 6.22. The number of alkyl halides is 1. The smallest absolute Gasteiger partial charge is 0.142 e. The van der Waals surface area contributed by atoms with Crippen LogP contribution in [0.5, 0.6) is 0 Å². The second kappa shape index (κ2) is 5.30. The zero-order valence-corrected chi connectivity index (χ0v) is 9.93. The van der Waals surface area contributed by atoms with Gasteiger partial charge in [0.2, 0.25) is 0 Å². The SMILES string of the molecule is CCCC1=C(N(C)CC)C(Cl)NC=C1. The second-order valence-electron chi connectivity index (χ2n) is 3.54. The monoisotopic (exact) mass is 214 g/mol. The Balaban J connectivity index is 2.91. The zero-order valence-electron chi connectivity index (χ0n) is 9.18. The molecule has 1 atom stereocenters. The molecular formula is C11H19ClN2. The molecule has 14 heavy (non-hydrogen) atoms. The predicted molar refractivity (Wildman–Crippen MR) is 62.2 cm³/mol. The molecule has 1 unspecified atom stereocenters. The standard InChI is InChI=1S/C11H19ClN2/c1-4-6-9-7-8-13-11(12)10(9)14(3)5-2/h7-8,11,13H,4-6H2,1-3H3. The minimum absolute atomic E-state index is 0.0773. The van der Waals surface area contributed by atoms with E-state index in [2.05, 4.69) is 37.2 Å². The van der Waals surface area contributed by atoms with Gasteiger partial charge in [0.1, 0.15) is 5.50 Å². The van der Waals surface area contributed by atoms with Crippen LogP contribution in [-0.4, -0.2) is 24.0 Å². The summed E-state index contributed by atoms with van der Waals surface area (Å²) in [6, 6.07) is 0. The molecule has 0 amide bonds. The number of likely N-dealkylation sites (N-methyl/N-ethyl adjacent to an activating group) is 1. The maximum absolute atomic E-state index is 6.22. The molecule has 0 aromatic rings. The number of hydrogen-bond donors (Lipinski definition) is 1. The zero-order chi connectivity index (χ0) is 10.6. The number of nitrogens with zero attached hydrogens (tertiary/aromatic N) is 1. The molecule has 3 heteroatoms. The van der Waals surface area contributed by atoms with Crippen LogP contribution in [0.2, 0.25) is 0 Å². The minimum Gasteiger partial charge on any atom is -0.375 e. The van der Waals surface area contributed by atoms with Gasteiger partial charge < -0.3 is 10.2 Å². The van der Waals surface area contributed by atoms with E-state index >= 15 is 0 Å². The van der Waals surface area contributed by atoms with Crippen molar-refractivity contribution in [3.05, 3.63) is 23.5 Å². The molecule has 2 nitrogen and oxygen atoms in total. The number of dihydropyridines is 1. The maximum Gasteiger partial charge on any atom is 0.142 e. The lowest BCUT2D eigenvalue weighted by Gasteiger charge is -2.30. The lowest BCUT2D eigenvalue weighted by atomic mass is 10.1. The van der Waals surface area contributed by atoms with Crippen LogP contribution in [0.15, 0.2) is 23.5 Å². The van der Waals surface area contributed by atoms with E-state index in [1.165, 1.54) is 11.3 Å². The topological polar surface area (TPSA) is 15.3 Å². The molecule has 0 radical (unpaired) electrons. The first kappa shape index (κ1) is 11.4. The molecule has 1 heterocycles. The lowest BCUT2D eigenvalue weighted by molar-refractivity contribution is 0.410. The summed E-state index contributed by atoms with van der Waals surface area (Å²) in [7, 11) is 2.08. The largest absolute Gasteiger partial charge is 0.375 e. The molecular weight excluding hydrogens is 196 g/mol. The fourth-order valence-corrected chi connectivity index (χ4v) is 2.03. The van der Waals surface area contributed by atoms with Gasteiger partial charge >= 0.3 is 0 Å². The Hall–Kier alpha value is -0.630. The van der Waals surface area contributed by atoms with E-state index in [0.717, 1.165) is 19.4 Å². The van der Waals surface area contributed by atoms with Crippen molar-refractivity contribution in [2.75, 3.05) is 13.6 Å². The third kappa shape index (κ3) is 2.44. The molecule has 0 fully saturated rings. The fourth-order valence-electron chi connectivity index (χ4n) is 1.65. The molecule has 0 aliphatic carbocycles. The van der Waals surface area contributed by atoms with Crippen LogP contribution in [0.1, 0.15) is 26.7 Å². The molecule has 80 valence electrons. The Bertz CT molecular complexity index is 246. The van der Waals surface area contributed by atoms with Gasteiger partial charge in [-0.15, -0.1) is 0 Å². The van der Waals surface area contributed by atoms with Crippen LogP contribution < -0.4 is 5.32 Å². The molecule has 1 N–H and O–H groups in total. The third-order valence-corrected chi connectivity index (χ3v) is 2.83. The van der Waals surface area contributed by atoms with E-state index in [-0.39, 0.29) is 5.50 Å². The number of rotatable bonds is 4. The van der Waals surface area contributed by atoms with Crippen LogP contribution in [0, 0.1) is 0 Å². The van der Waals surface area contributed by atoms with Crippen LogP contribution in [0.3, 0.4) is 0 Å². The number of allylic oxidation sites excluding steroid dienone is 2. The highest BCUT2D eigenvalue weighted by Crippen LogP contribution is 2.23. The highest BCUT2D eigenvalue weighted by molar-refractivity contribution is 6.22. The average Bonchev–Trinajstić information content (AvgIpc) is 2.18. The molecule has 0 saturated heterocycles. The van der Waals surface area contributed by atoms with Crippen molar-refractivity contribution < 1.29 is 0 Å². The quantitative estimate of drug-likeness (QED) is 0.572. The van der Waals surface area contributed by atoms with E-state index < -0.39 is 0 Å². The lowest BCUT2D eigenvalue weighted by Crippen LogP contribution is -2.34. The van der Waals surface area contributed by atoms with Gasteiger partial charge in [0.15, 0.2) is 0 Å². The summed E-state index contributed by atoms with van der Waals surface area (Å²) in [4.78, 5) is 2.21. The van der Waals surface area contributed by atoms with E-state index in [1.807, 2.05) is 6.20 Å². The van der Waals surface area contributed by atoms with Gasteiger partial charge in [-0.2, -0.15) is 0 Å². The fraction of sp³-hybridized carbons (Fsp3) is 0.636. The third-order valence-electron chi connectivity index (χ3n) is 2.50. The molecule has 1 aliphatic rings. The summed E-state index contributed by atoms with van der Waals surface area (Å²) in [6.45, 7) is 5.31. The van der Waals surface area contributed by atoms with Crippen molar-refractivity contribution in [2.24, 2.45) is 0 Å². The van der Waals surface area contributed by atoms with Crippen molar-refractivity contribution in [2.45, 2.75) is 32.2 Å². The van der Waals surface area contributed by atoms with Crippen molar-refractivity contribution in [3.8, 4) is 0 Å². The highest BCUT2D eigenvalue weighted by atomic mass is 35.5. The molecule has 1 rings (SSSR count). The number of halogens is 1. The van der Waals surface area contributed by atoms with E-state index in [4.69, 9.17) is 11.6 Å². The van der Waals surface area contributed by atoms with E-state index in [1.54, 1.807) is 0 Å². The Morgan fingerprint density at radius 3 is 2.79 bits per heavy atom. The average molecular weight is 215 g/mol.